The summed E-state index contributed by atoms with van der Waals surface area (Å²) < 4.78 is 7.40. The van der Waals surface area contributed by atoms with E-state index in [2.05, 4.69) is 10.2 Å². The fourth-order valence-corrected chi connectivity index (χ4v) is 4.35. The first-order valence-corrected chi connectivity index (χ1v) is 10.9. The van der Waals surface area contributed by atoms with Crippen LogP contribution in [0, 0.1) is 10.1 Å². The Labute approximate surface area is 186 Å². The normalized spacial score (nSPS) is 15.5. The predicted octanol–water partition coefficient (Wildman–Crippen LogP) is 3.06. The van der Waals surface area contributed by atoms with E-state index in [-0.39, 0.29) is 23.9 Å². The number of ether oxygens (including phenoxy) is 1. The zero-order valence-corrected chi connectivity index (χ0v) is 18.2. The highest BCUT2D eigenvalue weighted by molar-refractivity contribution is 5.86. The van der Waals surface area contributed by atoms with E-state index in [0.717, 1.165) is 54.9 Å². The second-order valence-corrected chi connectivity index (χ2v) is 8.13. The Bertz CT molecular complexity index is 1100. The van der Waals surface area contributed by atoms with Gasteiger partial charge >= 0.3 is 0 Å². The predicted molar refractivity (Wildman–Crippen MR) is 123 cm³/mol. The van der Waals surface area contributed by atoms with Gasteiger partial charge in [-0.2, -0.15) is 0 Å². The summed E-state index contributed by atoms with van der Waals surface area (Å²) in [4.78, 5) is 26.1. The fraction of sp³-hybridized carbons (Fsp3) is 0.375. The smallest absolute Gasteiger partial charge is 0.269 e. The van der Waals surface area contributed by atoms with Crippen LogP contribution in [0.15, 0.2) is 54.7 Å². The van der Waals surface area contributed by atoms with Crippen molar-refractivity contribution >= 4 is 22.5 Å². The topological polar surface area (TPSA) is 89.6 Å². The lowest BCUT2D eigenvalue weighted by atomic mass is 9.87. The summed E-state index contributed by atoms with van der Waals surface area (Å²) >= 11 is 0. The number of fused-ring (bicyclic) bond motifs is 1. The Morgan fingerprint density at radius 2 is 1.97 bits per heavy atom. The van der Waals surface area contributed by atoms with E-state index in [1.165, 1.54) is 6.07 Å². The summed E-state index contributed by atoms with van der Waals surface area (Å²) in [7, 11) is 1.97. The summed E-state index contributed by atoms with van der Waals surface area (Å²) in [5.74, 6) is -0.355. The van der Waals surface area contributed by atoms with Gasteiger partial charge in [0.05, 0.1) is 18.1 Å². The number of carbonyl (C=O) groups excluding carboxylic acids is 1. The molecule has 1 amide bonds. The standard InChI is InChI=1S/C24H28N4O4/c1-26-17-22(20-7-2-3-8-23(20)26)21(18-5-4-6-19(15-18)28(30)31)16-24(29)25-9-10-27-11-13-32-14-12-27/h2-8,15,17,21H,9-14,16H2,1H3,(H,25,29)/t21-/m0/s1. The molecular weight excluding hydrogens is 408 g/mol. The van der Waals surface area contributed by atoms with Crippen molar-refractivity contribution in [1.29, 1.82) is 0 Å². The molecule has 1 aliphatic heterocycles. The zero-order chi connectivity index (χ0) is 22.5. The first-order chi connectivity index (χ1) is 15.5. The highest BCUT2D eigenvalue weighted by Gasteiger charge is 2.24. The first kappa shape index (κ1) is 22.0. The SMILES string of the molecule is Cn1cc([C@@H](CC(=O)NCCN2CCOCC2)c2cccc([N+](=O)[O-])c2)c2ccccc21. The molecule has 0 aliphatic carbocycles. The molecule has 1 fully saturated rings. The second-order valence-electron chi connectivity index (χ2n) is 8.13. The van der Waals surface area contributed by atoms with Crippen LogP contribution in [0.5, 0.6) is 0 Å². The number of amides is 1. The number of hydrogen-bond donors (Lipinski definition) is 1. The number of aromatic nitrogens is 1. The van der Waals surface area contributed by atoms with Crippen molar-refractivity contribution in [2.24, 2.45) is 7.05 Å². The van der Waals surface area contributed by atoms with Gasteiger partial charge in [0.1, 0.15) is 0 Å². The van der Waals surface area contributed by atoms with Gasteiger partial charge in [-0.3, -0.25) is 19.8 Å². The molecule has 1 N–H and O–H groups in total. The number of carbonyl (C=O) groups is 1. The maximum Gasteiger partial charge on any atom is 0.269 e. The number of aryl methyl sites for hydroxylation is 1. The molecule has 2 aromatic carbocycles. The van der Waals surface area contributed by atoms with Crippen molar-refractivity contribution in [3.05, 3.63) is 76.0 Å². The molecule has 0 radical (unpaired) electrons. The van der Waals surface area contributed by atoms with Crippen molar-refractivity contribution in [1.82, 2.24) is 14.8 Å². The van der Waals surface area contributed by atoms with Crippen LogP contribution in [0.4, 0.5) is 5.69 Å². The lowest BCUT2D eigenvalue weighted by molar-refractivity contribution is -0.384. The highest BCUT2D eigenvalue weighted by atomic mass is 16.6. The Morgan fingerprint density at radius 3 is 2.75 bits per heavy atom. The lowest BCUT2D eigenvalue weighted by Gasteiger charge is -2.26. The lowest BCUT2D eigenvalue weighted by Crippen LogP contribution is -2.41. The quantitative estimate of drug-likeness (QED) is 0.433. The summed E-state index contributed by atoms with van der Waals surface area (Å²) in [6, 6.07) is 14.6. The number of para-hydroxylation sites is 1. The highest BCUT2D eigenvalue weighted by Crippen LogP contribution is 2.35. The minimum atomic E-state index is -0.397. The largest absolute Gasteiger partial charge is 0.379 e. The molecule has 0 saturated carbocycles. The van der Waals surface area contributed by atoms with Gasteiger partial charge in [0.2, 0.25) is 5.91 Å². The minimum Gasteiger partial charge on any atom is -0.379 e. The van der Waals surface area contributed by atoms with E-state index in [1.807, 2.05) is 48.1 Å². The monoisotopic (exact) mass is 436 g/mol. The van der Waals surface area contributed by atoms with E-state index < -0.39 is 4.92 Å². The second kappa shape index (κ2) is 9.93. The molecule has 0 unspecified atom stereocenters. The minimum absolute atomic E-state index is 0.0282. The third-order valence-corrected chi connectivity index (χ3v) is 6.03. The molecule has 8 nitrogen and oxygen atoms in total. The molecule has 8 heteroatoms. The zero-order valence-electron chi connectivity index (χ0n) is 18.2. The van der Waals surface area contributed by atoms with E-state index >= 15 is 0 Å². The molecule has 3 aromatic rings. The van der Waals surface area contributed by atoms with Crippen LogP contribution in [0.1, 0.15) is 23.5 Å². The summed E-state index contributed by atoms with van der Waals surface area (Å²) in [5.41, 5.74) is 2.84. The van der Waals surface area contributed by atoms with Crippen LogP contribution in [0.2, 0.25) is 0 Å². The van der Waals surface area contributed by atoms with E-state index in [9.17, 15) is 14.9 Å². The van der Waals surface area contributed by atoms with Crippen molar-refractivity contribution in [2.45, 2.75) is 12.3 Å². The van der Waals surface area contributed by atoms with Gasteiger partial charge in [0, 0.05) is 74.8 Å². The molecule has 0 bridgehead atoms. The third-order valence-electron chi connectivity index (χ3n) is 6.03. The molecule has 1 aliphatic rings. The maximum atomic E-state index is 12.9. The Hall–Kier alpha value is -3.23. The van der Waals surface area contributed by atoms with Gasteiger partial charge in [0.25, 0.3) is 5.69 Å². The van der Waals surface area contributed by atoms with Crippen LogP contribution in [0.25, 0.3) is 10.9 Å². The van der Waals surface area contributed by atoms with E-state index in [1.54, 1.807) is 12.1 Å². The number of benzene rings is 2. The average Bonchev–Trinajstić information content (AvgIpc) is 3.15. The van der Waals surface area contributed by atoms with Crippen LogP contribution in [-0.4, -0.2) is 59.7 Å². The van der Waals surface area contributed by atoms with E-state index in [4.69, 9.17) is 4.74 Å². The number of morpholine rings is 1. The molecule has 1 saturated heterocycles. The maximum absolute atomic E-state index is 12.9. The van der Waals surface area contributed by atoms with Crippen LogP contribution in [-0.2, 0) is 16.6 Å². The van der Waals surface area contributed by atoms with E-state index in [0.29, 0.717) is 6.54 Å². The molecule has 2 heterocycles. The number of nitro benzene ring substituents is 1. The van der Waals surface area contributed by atoms with Gasteiger partial charge < -0.3 is 14.6 Å². The molecule has 4 rings (SSSR count). The summed E-state index contributed by atoms with van der Waals surface area (Å²) in [6.45, 7) is 4.55. The van der Waals surface area contributed by atoms with Crippen LogP contribution in [0.3, 0.4) is 0 Å². The molecule has 1 atom stereocenters. The molecule has 1 aromatic heterocycles. The third kappa shape index (κ3) is 4.98. The van der Waals surface area contributed by atoms with Crippen molar-refractivity contribution in [3.63, 3.8) is 0 Å². The molecule has 168 valence electrons. The molecular formula is C24H28N4O4. The van der Waals surface area contributed by atoms with Crippen molar-refractivity contribution in [2.75, 3.05) is 39.4 Å². The van der Waals surface area contributed by atoms with Gasteiger partial charge in [-0.25, -0.2) is 0 Å². The number of hydrogen-bond acceptors (Lipinski definition) is 5. The Morgan fingerprint density at radius 1 is 1.19 bits per heavy atom. The van der Waals surface area contributed by atoms with Crippen molar-refractivity contribution in [3.8, 4) is 0 Å². The van der Waals surface area contributed by atoms with Gasteiger partial charge in [-0.15, -0.1) is 0 Å². The number of non-ortho nitro benzene ring substituents is 1. The summed E-state index contributed by atoms with van der Waals surface area (Å²) in [5, 5.41) is 15.4. The van der Waals surface area contributed by atoms with Crippen molar-refractivity contribution < 1.29 is 14.5 Å². The first-order valence-electron chi connectivity index (χ1n) is 10.9. The number of nitrogens with one attached hydrogen (secondary N) is 1. The number of rotatable bonds is 8. The Kier molecular flexibility index (Phi) is 6.82. The number of nitro groups is 1. The summed E-state index contributed by atoms with van der Waals surface area (Å²) in [6.07, 6.45) is 2.24. The fourth-order valence-electron chi connectivity index (χ4n) is 4.35. The van der Waals surface area contributed by atoms with Crippen LogP contribution < -0.4 is 5.32 Å². The van der Waals surface area contributed by atoms with Gasteiger partial charge in [-0.1, -0.05) is 30.3 Å². The van der Waals surface area contributed by atoms with Crippen LogP contribution >= 0.6 is 0 Å². The molecule has 32 heavy (non-hydrogen) atoms. The number of nitrogens with zero attached hydrogens (tertiary/aromatic N) is 3. The average molecular weight is 437 g/mol. The Balaban J connectivity index is 1.57. The molecule has 0 spiro atoms. The van der Waals surface area contributed by atoms with Gasteiger partial charge in [-0.05, 0) is 17.2 Å². The van der Waals surface area contributed by atoms with Gasteiger partial charge in [0.15, 0.2) is 0 Å².